The SMILES string of the molecule is COc1c(/C=N\NC(=O)c2ccccc2[N+](=O)[O-])c(C[C@@H]2CC(c3ccc(F)cc3)=NO2)c(OC)c2c1OCO2. The second-order valence-corrected chi connectivity index (χ2v) is 8.68. The number of carbonyl (C=O) groups excluding carboxylic acids is 1. The highest BCUT2D eigenvalue weighted by atomic mass is 19.1. The highest BCUT2D eigenvalue weighted by Gasteiger charge is 2.34. The molecule has 2 heterocycles. The fourth-order valence-electron chi connectivity index (χ4n) is 4.51. The van der Waals surface area contributed by atoms with Gasteiger partial charge in [-0.05, 0) is 23.8 Å². The van der Waals surface area contributed by atoms with E-state index in [4.69, 9.17) is 23.8 Å². The van der Waals surface area contributed by atoms with Gasteiger partial charge in [0.15, 0.2) is 11.5 Å². The standard InChI is InChI=1S/C27H23FN4O8/c1-36-23-19(11-17-12-21(31-40-17)15-7-9-16(28)10-8-15)20(24(37-2)26-25(23)38-14-39-26)13-29-30-27(33)18-5-3-4-6-22(18)32(34)35/h3-10,13,17H,11-12,14H2,1-2H3,(H,30,33)/b29-13-/t17-/m1/s1. The normalized spacial score (nSPS) is 15.5. The van der Waals surface area contributed by atoms with Gasteiger partial charge in [-0.1, -0.05) is 29.4 Å². The first kappa shape index (κ1) is 26.4. The van der Waals surface area contributed by atoms with Crippen molar-refractivity contribution in [2.24, 2.45) is 10.3 Å². The van der Waals surface area contributed by atoms with E-state index < -0.39 is 16.9 Å². The Morgan fingerprint density at radius 2 is 1.85 bits per heavy atom. The Labute approximate surface area is 227 Å². The molecule has 3 aromatic carbocycles. The predicted molar refractivity (Wildman–Crippen MR) is 140 cm³/mol. The van der Waals surface area contributed by atoms with Gasteiger partial charge >= 0.3 is 0 Å². The fraction of sp³-hybridized carbons (Fsp3) is 0.222. The number of fused-ring (bicyclic) bond motifs is 1. The summed E-state index contributed by atoms with van der Waals surface area (Å²) in [5.74, 6) is 0.157. The van der Waals surface area contributed by atoms with E-state index >= 15 is 0 Å². The Kier molecular flexibility index (Phi) is 7.44. The van der Waals surface area contributed by atoms with Crippen molar-refractivity contribution < 1.29 is 37.9 Å². The predicted octanol–water partition coefficient (Wildman–Crippen LogP) is 3.98. The lowest BCUT2D eigenvalue weighted by atomic mass is 9.95. The molecule has 5 rings (SSSR count). The zero-order valence-corrected chi connectivity index (χ0v) is 21.4. The van der Waals surface area contributed by atoms with E-state index in [9.17, 15) is 19.3 Å². The number of halogens is 1. The van der Waals surface area contributed by atoms with Crippen molar-refractivity contribution in [1.29, 1.82) is 0 Å². The van der Waals surface area contributed by atoms with E-state index in [1.165, 1.54) is 56.8 Å². The van der Waals surface area contributed by atoms with Crippen LogP contribution in [0.4, 0.5) is 10.1 Å². The molecule has 1 N–H and O–H groups in total. The van der Waals surface area contributed by atoms with Crippen molar-refractivity contribution in [1.82, 2.24) is 5.43 Å². The van der Waals surface area contributed by atoms with Gasteiger partial charge in [0, 0.05) is 30.0 Å². The second kappa shape index (κ2) is 11.3. The number of hydrogen-bond acceptors (Lipinski definition) is 10. The van der Waals surface area contributed by atoms with E-state index in [0.717, 1.165) is 5.56 Å². The molecule has 0 saturated carbocycles. The number of ether oxygens (including phenoxy) is 4. The third-order valence-corrected chi connectivity index (χ3v) is 6.32. The Balaban J connectivity index is 1.45. The second-order valence-electron chi connectivity index (χ2n) is 8.68. The highest BCUT2D eigenvalue weighted by Crippen LogP contribution is 2.52. The van der Waals surface area contributed by atoms with Gasteiger partial charge in [-0.3, -0.25) is 14.9 Å². The van der Waals surface area contributed by atoms with Crippen LogP contribution in [-0.2, 0) is 11.3 Å². The molecule has 3 aromatic rings. The number of nitro groups is 1. The molecule has 0 spiro atoms. The highest BCUT2D eigenvalue weighted by molar-refractivity contribution is 6.01. The molecule has 13 heteroatoms. The molecular weight excluding hydrogens is 527 g/mol. The molecular formula is C27H23FN4O8. The number of nitrogens with zero attached hydrogens (tertiary/aromatic N) is 3. The average Bonchev–Trinajstić information content (AvgIpc) is 3.63. The molecule has 0 fully saturated rings. The smallest absolute Gasteiger partial charge is 0.282 e. The van der Waals surface area contributed by atoms with Gasteiger partial charge < -0.3 is 23.8 Å². The molecule has 0 bridgehead atoms. The Hall–Kier alpha value is -5.20. The first-order chi connectivity index (χ1) is 19.4. The molecule has 206 valence electrons. The minimum atomic E-state index is -0.770. The topological polar surface area (TPSA) is 143 Å². The van der Waals surface area contributed by atoms with Gasteiger partial charge in [-0.25, -0.2) is 9.82 Å². The molecule has 0 radical (unpaired) electrons. The van der Waals surface area contributed by atoms with Crippen LogP contribution in [0, 0.1) is 15.9 Å². The van der Waals surface area contributed by atoms with Crippen molar-refractivity contribution in [3.63, 3.8) is 0 Å². The van der Waals surface area contributed by atoms with Gasteiger partial charge in [0.2, 0.25) is 18.3 Å². The molecule has 0 saturated heterocycles. The van der Waals surface area contributed by atoms with E-state index in [1.807, 2.05) is 0 Å². The molecule has 0 unspecified atom stereocenters. The van der Waals surface area contributed by atoms with Crippen LogP contribution in [0.25, 0.3) is 0 Å². The fourth-order valence-corrected chi connectivity index (χ4v) is 4.51. The maximum Gasteiger partial charge on any atom is 0.282 e. The summed E-state index contributed by atoms with van der Waals surface area (Å²) >= 11 is 0. The van der Waals surface area contributed by atoms with E-state index in [2.05, 4.69) is 15.7 Å². The van der Waals surface area contributed by atoms with Gasteiger partial charge in [-0.15, -0.1) is 0 Å². The largest absolute Gasteiger partial charge is 0.492 e. The van der Waals surface area contributed by atoms with Crippen molar-refractivity contribution >= 4 is 23.5 Å². The summed E-state index contributed by atoms with van der Waals surface area (Å²) < 4.78 is 35.9. The quantitative estimate of drug-likeness (QED) is 0.239. The minimum Gasteiger partial charge on any atom is -0.492 e. The lowest BCUT2D eigenvalue weighted by molar-refractivity contribution is -0.385. The zero-order valence-electron chi connectivity index (χ0n) is 21.4. The Bertz CT molecular complexity index is 1520. The number of nitro benzene ring substituents is 1. The van der Waals surface area contributed by atoms with Crippen LogP contribution in [0.15, 0.2) is 58.8 Å². The number of benzene rings is 3. The number of hydrazone groups is 1. The van der Waals surface area contributed by atoms with Crippen LogP contribution in [0.1, 0.15) is 33.5 Å². The van der Waals surface area contributed by atoms with Crippen molar-refractivity contribution in [3.05, 3.63) is 86.7 Å². The summed E-state index contributed by atoms with van der Waals surface area (Å²) in [5.41, 5.74) is 4.20. The van der Waals surface area contributed by atoms with Crippen LogP contribution < -0.4 is 24.4 Å². The van der Waals surface area contributed by atoms with Crippen molar-refractivity contribution in [2.75, 3.05) is 21.0 Å². The summed E-state index contributed by atoms with van der Waals surface area (Å²) in [6.45, 7) is -0.0613. The van der Waals surface area contributed by atoms with Crippen LogP contribution in [0.5, 0.6) is 23.0 Å². The number of amides is 1. The van der Waals surface area contributed by atoms with Gasteiger partial charge in [0.05, 0.1) is 31.1 Å². The maximum atomic E-state index is 13.4. The van der Waals surface area contributed by atoms with E-state index in [0.29, 0.717) is 40.5 Å². The van der Waals surface area contributed by atoms with Crippen molar-refractivity contribution in [3.8, 4) is 23.0 Å². The molecule has 40 heavy (non-hydrogen) atoms. The first-order valence-corrected chi connectivity index (χ1v) is 12.0. The molecule has 12 nitrogen and oxygen atoms in total. The summed E-state index contributed by atoms with van der Waals surface area (Å²) in [5, 5.41) is 19.5. The molecule has 0 aliphatic carbocycles. The summed E-state index contributed by atoms with van der Waals surface area (Å²) in [7, 11) is 2.92. The lowest BCUT2D eigenvalue weighted by Crippen LogP contribution is -2.19. The summed E-state index contributed by atoms with van der Waals surface area (Å²) in [6.07, 6.45) is 1.61. The molecule has 0 aromatic heterocycles. The van der Waals surface area contributed by atoms with E-state index in [1.54, 1.807) is 12.1 Å². The number of rotatable bonds is 9. The van der Waals surface area contributed by atoms with Crippen LogP contribution in [0.2, 0.25) is 0 Å². The average molecular weight is 550 g/mol. The Morgan fingerprint density at radius 1 is 1.15 bits per heavy atom. The van der Waals surface area contributed by atoms with Crippen molar-refractivity contribution in [2.45, 2.75) is 18.9 Å². The first-order valence-electron chi connectivity index (χ1n) is 12.0. The molecule has 2 aliphatic heterocycles. The maximum absolute atomic E-state index is 13.4. The zero-order chi connectivity index (χ0) is 28.2. The molecule has 2 aliphatic rings. The number of nitrogens with one attached hydrogen (secondary N) is 1. The summed E-state index contributed by atoms with van der Waals surface area (Å²) in [4.78, 5) is 29.0. The third kappa shape index (κ3) is 5.08. The third-order valence-electron chi connectivity index (χ3n) is 6.32. The van der Waals surface area contributed by atoms with Crippen LogP contribution >= 0.6 is 0 Å². The van der Waals surface area contributed by atoms with Gasteiger partial charge in [0.1, 0.15) is 17.5 Å². The lowest BCUT2D eigenvalue weighted by Gasteiger charge is -2.19. The molecule has 1 atom stereocenters. The van der Waals surface area contributed by atoms with E-state index in [-0.39, 0.29) is 36.0 Å². The number of para-hydroxylation sites is 1. The monoisotopic (exact) mass is 550 g/mol. The number of methoxy groups -OCH3 is 2. The number of carbonyl (C=O) groups is 1. The van der Waals surface area contributed by atoms with Gasteiger partial charge in [0.25, 0.3) is 11.6 Å². The van der Waals surface area contributed by atoms with Gasteiger partial charge in [-0.2, -0.15) is 5.10 Å². The van der Waals surface area contributed by atoms with Crippen LogP contribution in [-0.4, -0.2) is 49.9 Å². The Morgan fingerprint density at radius 3 is 2.55 bits per heavy atom. The van der Waals surface area contributed by atoms with Crippen LogP contribution in [0.3, 0.4) is 0 Å². The molecule has 1 amide bonds. The number of hydrogen-bond donors (Lipinski definition) is 1. The minimum absolute atomic E-state index is 0.0613. The number of oxime groups is 1. The summed E-state index contributed by atoms with van der Waals surface area (Å²) in [6, 6.07) is 11.5.